The Morgan fingerprint density at radius 3 is 0.750 bits per heavy atom. The summed E-state index contributed by atoms with van der Waals surface area (Å²) in [6, 6.07) is 0. The van der Waals surface area contributed by atoms with Gasteiger partial charge in [0.25, 0.3) is 11.3 Å². The van der Waals surface area contributed by atoms with Gasteiger partial charge in [-0.05, 0) is 11.1 Å². The highest BCUT2D eigenvalue weighted by Crippen LogP contribution is 2.66. The molecule has 0 aromatic heterocycles. The maximum absolute atomic E-state index is 14.2. The molecule has 0 aromatic carbocycles. The first-order valence-electron chi connectivity index (χ1n) is 9.17. The Morgan fingerprint density at radius 1 is 0.375 bits per heavy atom. The molecule has 0 aliphatic heterocycles. The van der Waals surface area contributed by atoms with Crippen molar-refractivity contribution in [2.75, 3.05) is 13.1 Å². The minimum atomic E-state index is -9.03. The summed E-state index contributed by atoms with van der Waals surface area (Å²) in [7, 11) is 0. The summed E-state index contributed by atoms with van der Waals surface area (Å²) in [5.41, 5.74) is 1.30. The lowest BCUT2D eigenvalue weighted by Crippen LogP contribution is -2.77. The first-order valence-corrected chi connectivity index (χ1v) is 9.17. The zero-order chi connectivity index (χ0) is 32.7. The van der Waals surface area contributed by atoms with Gasteiger partial charge in [-0.3, -0.25) is 0 Å². The van der Waals surface area contributed by atoms with E-state index in [0.717, 1.165) is 0 Å². The Hall–Kier alpha value is -2.78. The lowest BCUT2D eigenvalue weighted by Gasteiger charge is -2.46. The van der Waals surface area contributed by atoms with Gasteiger partial charge in [0, 0.05) is 35.8 Å². The van der Waals surface area contributed by atoms with E-state index in [1.165, 1.54) is 9.82 Å². The van der Waals surface area contributed by atoms with Crippen molar-refractivity contribution in [3.05, 3.63) is 20.9 Å². The summed E-state index contributed by atoms with van der Waals surface area (Å²) in [6.07, 6.45) is -21.7. The van der Waals surface area contributed by atoms with Gasteiger partial charge < -0.3 is 0 Å². The molecule has 0 aliphatic rings. The molecule has 0 amide bonds. The van der Waals surface area contributed by atoms with Crippen LogP contribution < -0.4 is 0 Å². The molecule has 0 rings (SSSR count). The number of nitrogens with zero attached hydrogens (tertiary/aromatic N) is 6. The van der Waals surface area contributed by atoms with Crippen LogP contribution in [0.25, 0.3) is 20.9 Å². The fourth-order valence-electron chi connectivity index (χ4n) is 2.74. The number of hydrogen-bond acceptors (Lipinski definition) is 2. The quantitative estimate of drug-likeness (QED) is 0.0833. The van der Waals surface area contributed by atoms with Gasteiger partial charge >= 0.3 is 47.9 Å². The molecule has 0 aromatic rings. The number of azide groups is 2. The zero-order valence-corrected chi connectivity index (χ0v) is 18.1. The first kappa shape index (κ1) is 37.2. The van der Waals surface area contributed by atoms with Crippen molar-refractivity contribution in [2.45, 2.75) is 72.1 Å². The standard InChI is InChI=1S/C14H8F20N6/c15-5(13(29,30)31,1-3-37-39-35)7(17,18)9(21,22)11(25,26)12(27,28)10(23,24)8(19,20)6(16,14(32,33)34)2-4-38-40-36/h1-4H2. The second-order valence-corrected chi connectivity index (χ2v) is 7.45. The molecule has 2 atom stereocenters. The summed E-state index contributed by atoms with van der Waals surface area (Å²) < 4.78 is 273. The summed E-state index contributed by atoms with van der Waals surface area (Å²) in [5.74, 6) is -52.5. The van der Waals surface area contributed by atoms with Gasteiger partial charge in [0.15, 0.2) is 0 Å². The third-order valence-electron chi connectivity index (χ3n) is 5.10. The van der Waals surface area contributed by atoms with Crippen LogP contribution in [0.4, 0.5) is 87.8 Å². The molecule has 0 bridgehead atoms. The van der Waals surface area contributed by atoms with Crippen LogP contribution in [0.2, 0.25) is 0 Å². The molecule has 0 radical (unpaired) electrons. The molecule has 0 saturated carbocycles. The Balaban J connectivity index is 7.31. The summed E-state index contributed by atoms with van der Waals surface area (Å²) >= 11 is 0. The van der Waals surface area contributed by atoms with Gasteiger partial charge in [-0.25, -0.2) is 8.78 Å². The average Bonchev–Trinajstić information content (AvgIpc) is 2.76. The topological polar surface area (TPSA) is 97.5 Å². The molecule has 6 nitrogen and oxygen atoms in total. The normalized spacial score (nSPS) is 17.8. The van der Waals surface area contributed by atoms with Crippen molar-refractivity contribution in [1.82, 2.24) is 0 Å². The molecule has 0 spiro atoms. The van der Waals surface area contributed by atoms with Gasteiger partial charge in [-0.2, -0.15) is 79.0 Å². The Bertz CT molecular complexity index is 926. The highest BCUT2D eigenvalue weighted by atomic mass is 19.4. The van der Waals surface area contributed by atoms with Crippen LogP contribution in [0, 0.1) is 0 Å². The molecular weight excluding hydrogens is 632 g/mol. The highest BCUT2D eigenvalue weighted by Gasteiger charge is 2.96. The van der Waals surface area contributed by atoms with E-state index in [1.807, 2.05) is 10.2 Å². The highest BCUT2D eigenvalue weighted by molar-refractivity contribution is 5.20. The van der Waals surface area contributed by atoms with E-state index < -0.39 is 85.2 Å². The van der Waals surface area contributed by atoms with Crippen LogP contribution in [0.3, 0.4) is 0 Å². The average molecular weight is 640 g/mol. The number of hydrogen-bond donors (Lipinski definition) is 0. The van der Waals surface area contributed by atoms with Gasteiger partial charge in [-0.1, -0.05) is 10.2 Å². The third kappa shape index (κ3) is 5.07. The molecule has 0 aliphatic carbocycles. The molecule has 40 heavy (non-hydrogen) atoms. The minimum Gasteiger partial charge on any atom is -0.227 e. The van der Waals surface area contributed by atoms with Gasteiger partial charge in [0.1, 0.15) is 0 Å². The molecule has 0 heterocycles. The number of alkyl halides is 20. The molecule has 0 saturated heterocycles. The Kier molecular flexibility index (Phi) is 9.83. The van der Waals surface area contributed by atoms with Crippen molar-refractivity contribution in [3.8, 4) is 0 Å². The van der Waals surface area contributed by atoms with Crippen molar-refractivity contribution in [2.24, 2.45) is 10.2 Å². The molecule has 234 valence electrons. The molecule has 0 N–H and O–H groups in total. The van der Waals surface area contributed by atoms with Crippen LogP contribution >= 0.6 is 0 Å². The fourth-order valence-corrected chi connectivity index (χ4v) is 2.74. The Labute approximate surface area is 205 Å². The van der Waals surface area contributed by atoms with Gasteiger partial charge in [-0.15, -0.1) is 0 Å². The summed E-state index contributed by atoms with van der Waals surface area (Å²) in [4.78, 5) is 3.07. The van der Waals surface area contributed by atoms with E-state index in [0.29, 0.717) is 0 Å². The van der Waals surface area contributed by atoms with Crippen LogP contribution in [0.5, 0.6) is 0 Å². The van der Waals surface area contributed by atoms with Crippen molar-refractivity contribution in [3.63, 3.8) is 0 Å². The lowest BCUT2D eigenvalue weighted by atomic mass is 9.79. The van der Waals surface area contributed by atoms with E-state index in [4.69, 9.17) is 11.1 Å². The van der Waals surface area contributed by atoms with Crippen LogP contribution in [0.1, 0.15) is 12.8 Å². The predicted molar refractivity (Wildman–Crippen MR) is 86.7 cm³/mol. The molecular formula is C14H8F20N6. The predicted octanol–water partition coefficient (Wildman–Crippen LogP) is 8.74. The number of halogens is 20. The lowest BCUT2D eigenvalue weighted by molar-refractivity contribution is -0.461. The monoisotopic (exact) mass is 640 g/mol. The SMILES string of the molecule is [N-]=[N+]=NCCC(F)(C(F)(F)F)C(F)(F)C(F)(F)C(F)(F)C(F)(F)C(F)(F)C(F)(F)C(F)(CCN=[N+]=[N-])C(F)(F)F. The molecule has 2 unspecified atom stereocenters. The van der Waals surface area contributed by atoms with Gasteiger partial charge in [0.05, 0.1) is 0 Å². The smallest absolute Gasteiger partial charge is 0.227 e. The second-order valence-electron chi connectivity index (χ2n) is 7.45. The Morgan fingerprint density at radius 2 is 0.575 bits per heavy atom. The van der Waals surface area contributed by atoms with E-state index in [2.05, 4.69) is 0 Å². The fraction of sp³-hybridized carbons (Fsp3) is 1.00. The van der Waals surface area contributed by atoms with E-state index in [9.17, 15) is 87.8 Å². The van der Waals surface area contributed by atoms with E-state index >= 15 is 0 Å². The van der Waals surface area contributed by atoms with E-state index in [1.54, 1.807) is 0 Å². The van der Waals surface area contributed by atoms with Crippen LogP contribution in [-0.4, -0.2) is 72.3 Å². The molecule has 0 fully saturated rings. The van der Waals surface area contributed by atoms with Crippen molar-refractivity contribution in [1.29, 1.82) is 0 Å². The minimum absolute atomic E-state index is 1.54. The molecule has 26 heteroatoms. The third-order valence-corrected chi connectivity index (χ3v) is 5.10. The largest absolute Gasteiger partial charge is 0.428 e. The van der Waals surface area contributed by atoms with Gasteiger partial charge in [0.2, 0.25) is 0 Å². The van der Waals surface area contributed by atoms with Crippen molar-refractivity contribution >= 4 is 0 Å². The maximum Gasteiger partial charge on any atom is 0.428 e. The van der Waals surface area contributed by atoms with E-state index in [-0.39, 0.29) is 0 Å². The summed E-state index contributed by atoms with van der Waals surface area (Å²) in [5, 5.41) is 3.92. The zero-order valence-electron chi connectivity index (χ0n) is 18.1. The van der Waals surface area contributed by atoms with Crippen LogP contribution in [-0.2, 0) is 0 Å². The van der Waals surface area contributed by atoms with Crippen LogP contribution in [0.15, 0.2) is 10.2 Å². The maximum atomic E-state index is 14.2. The van der Waals surface area contributed by atoms with Crippen molar-refractivity contribution < 1.29 is 87.8 Å². The number of rotatable bonds is 13. The summed E-state index contributed by atoms with van der Waals surface area (Å²) in [6.45, 7) is -4.56. The first-order chi connectivity index (χ1) is 17.4. The second kappa shape index (κ2) is 10.6.